The van der Waals surface area contributed by atoms with E-state index in [0.29, 0.717) is 26.1 Å². The standard InChI is InChI=1S/C19H35ClO4/c1-5-19(6-2,18(22)24-15-16(3)4)17(21)23-14-12-10-8-7-9-11-13-20/h16H,5-15H2,1-4H3. The highest BCUT2D eigenvalue weighted by atomic mass is 35.5. The molecular weight excluding hydrogens is 328 g/mol. The number of alkyl halides is 1. The van der Waals surface area contributed by atoms with Crippen LogP contribution in [-0.4, -0.2) is 31.0 Å². The Balaban J connectivity index is 4.26. The van der Waals surface area contributed by atoms with E-state index in [4.69, 9.17) is 21.1 Å². The number of carbonyl (C=O) groups is 2. The van der Waals surface area contributed by atoms with Crippen LogP contribution in [0.2, 0.25) is 0 Å². The Hall–Kier alpha value is -0.770. The van der Waals surface area contributed by atoms with Crippen molar-refractivity contribution in [1.29, 1.82) is 0 Å². The van der Waals surface area contributed by atoms with Gasteiger partial charge >= 0.3 is 11.9 Å². The highest BCUT2D eigenvalue weighted by Gasteiger charge is 2.45. The first-order valence-corrected chi connectivity index (χ1v) is 9.88. The number of ether oxygens (including phenoxy) is 2. The molecule has 0 heterocycles. The normalized spacial score (nSPS) is 11.6. The van der Waals surface area contributed by atoms with Gasteiger partial charge in [0.2, 0.25) is 0 Å². The molecule has 0 aromatic heterocycles. The van der Waals surface area contributed by atoms with Crippen molar-refractivity contribution in [2.24, 2.45) is 11.3 Å². The summed E-state index contributed by atoms with van der Waals surface area (Å²) in [6.45, 7) is 8.30. The molecule has 0 aliphatic carbocycles. The molecule has 0 amide bonds. The van der Waals surface area contributed by atoms with Gasteiger partial charge in [0.1, 0.15) is 0 Å². The first-order valence-electron chi connectivity index (χ1n) is 9.35. The second-order valence-corrected chi connectivity index (χ2v) is 7.11. The molecule has 0 atom stereocenters. The van der Waals surface area contributed by atoms with Crippen LogP contribution in [0.5, 0.6) is 0 Å². The Morgan fingerprint density at radius 1 is 0.875 bits per heavy atom. The van der Waals surface area contributed by atoms with Crippen molar-refractivity contribution in [3.05, 3.63) is 0 Å². The van der Waals surface area contributed by atoms with Crippen LogP contribution in [0, 0.1) is 11.3 Å². The Morgan fingerprint density at radius 3 is 1.88 bits per heavy atom. The van der Waals surface area contributed by atoms with Gasteiger partial charge in [-0.25, -0.2) is 0 Å². The van der Waals surface area contributed by atoms with Crippen molar-refractivity contribution in [3.63, 3.8) is 0 Å². The number of rotatable bonds is 14. The Bertz CT molecular complexity index is 351. The molecule has 0 saturated heterocycles. The first-order chi connectivity index (χ1) is 11.4. The molecule has 0 aromatic rings. The molecule has 0 unspecified atom stereocenters. The summed E-state index contributed by atoms with van der Waals surface area (Å²) in [5.41, 5.74) is -1.16. The van der Waals surface area contributed by atoms with E-state index >= 15 is 0 Å². The minimum Gasteiger partial charge on any atom is -0.465 e. The van der Waals surface area contributed by atoms with E-state index < -0.39 is 17.4 Å². The van der Waals surface area contributed by atoms with Crippen LogP contribution in [0.3, 0.4) is 0 Å². The van der Waals surface area contributed by atoms with E-state index in [0.717, 1.165) is 44.4 Å². The molecule has 5 heteroatoms. The van der Waals surface area contributed by atoms with Gasteiger partial charge in [0.25, 0.3) is 0 Å². The van der Waals surface area contributed by atoms with Crippen LogP contribution < -0.4 is 0 Å². The van der Waals surface area contributed by atoms with Crippen LogP contribution in [0.1, 0.15) is 79.1 Å². The fourth-order valence-corrected chi connectivity index (χ4v) is 2.69. The highest BCUT2D eigenvalue weighted by molar-refractivity contribution is 6.17. The van der Waals surface area contributed by atoms with E-state index in [1.807, 2.05) is 27.7 Å². The van der Waals surface area contributed by atoms with Crippen LogP contribution in [0.15, 0.2) is 0 Å². The van der Waals surface area contributed by atoms with Crippen LogP contribution in [-0.2, 0) is 19.1 Å². The molecule has 0 radical (unpaired) electrons. The third-order valence-electron chi connectivity index (χ3n) is 4.30. The van der Waals surface area contributed by atoms with E-state index in [1.54, 1.807) is 0 Å². The topological polar surface area (TPSA) is 52.6 Å². The van der Waals surface area contributed by atoms with Crippen molar-refractivity contribution in [1.82, 2.24) is 0 Å². The summed E-state index contributed by atoms with van der Waals surface area (Å²) in [7, 11) is 0. The summed E-state index contributed by atoms with van der Waals surface area (Å²) in [4.78, 5) is 24.8. The number of unbranched alkanes of at least 4 members (excludes halogenated alkanes) is 5. The maximum Gasteiger partial charge on any atom is 0.323 e. The predicted octanol–water partition coefficient (Wildman–Crippen LogP) is 5.11. The zero-order valence-electron chi connectivity index (χ0n) is 15.9. The molecule has 4 nitrogen and oxygen atoms in total. The maximum absolute atomic E-state index is 12.4. The third-order valence-corrected chi connectivity index (χ3v) is 4.56. The summed E-state index contributed by atoms with van der Waals surface area (Å²) in [6, 6.07) is 0. The lowest BCUT2D eigenvalue weighted by atomic mass is 9.82. The van der Waals surface area contributed by atoms with E-state index in [1.165, 1.54) is 0 Å². The molecule has 0 saturated carbocycles. The molecule has 0 aromatic carbocycles. The highest BCUT2D eigenvalue weighted by Crippen LogP contribution is 2.30. The van der Waals surface area contributed by atoms with Crippen LogP contribution >= 0.6 is 11.6 Å². The number of halogens is 1. The monoisotopic (exact) mass is 362 g/mol. The van der Waals surface area contributed by atoms with Crippen LogP contribution in [0.25, 0.3) is 0 Å². The summed E-state index contributed by atoms with van der Waals surface area (Å²) >= 11 is 5.64. The van der Waals surface area contributed by atoms with Gasteiger partial charge in [0.15, 0.2) is 5.41 Å². The molecule has 0 aliphatic heterocycles. The molecule has 0 fully saturated rings. The minimum absolute atomic E-state index is 0.246. The Morgan fingerprint density at radius 2 is 1.38 bits per heavy atom. The second-order valence-electron chi connectivity index (χ2n) is 6.73. The number of esters is 2. The third kappa shape index (κ3) is 8.36. The smallest absolute Gasteiger partial charge is 0.323 e. The largest absolute Gasteiger partial charge is 0.465 e. The van der Waals surface area contributed by atoms with Gasteiger partial charge < -0.3 is 9.47 Å². The van der Waals surface area contributed by atoms with Crippen molar-refractivity contribution in [2.45, 2.75) is 79.1 Å². The Kier molecular flexibility index (Phi) is 13.1. The van der Waals surface area contributed by atoms with Crippen LogP contribution in [0.4, 0.5) is 0 Å². The van der Waals surface area contributed by atoms with E-state index in [-0.39, 0.29) is 5.92 Å². The summed E-state index contributed by atoms with van der Waals surface area (Å²) in [5, 5.41) is 0. The second kappa shape index (κ2) is 13.5. The number of hydrogen-bond donors (Lipinski definition) is 0. The zero-order valence-corrected chi connectivity index (χ0v) is 16.6. The summed E-state index contributed by atoms with van der Waals surface area (Å²) < 4.78 is 10.7. The van der Waals surface area contributed by atoms with Gasteiger partial charge in [-0.05, 0) is 31.6 Å². The average Bonchev–Trinajstić information content (AvgIpc) is 2.57. The molecule has 0 aliphatic rings. The molecule has 0 spiro atoms. The lowest BCUT2D eigenvalue weighted by molar-refractivity contribution is -0.174. The lowest BCUT2D eigenvalue weighted by Gasteiger charge is -2.27. The summed E-state index contributed by atoms with van der Waals surface area (Å²) in [5.74, 6) is 0.0755. The summed E-state index contributed by atoms with van der Waals surface area (Å²) in [6.07, 6.45) is 7.16. The van der Waals surface area contributed by atoms with Crippen molar-refractivity contribution in [2.75, 3.05) is 19.1 Å². The molecule has 0 rings (SSSR count). The lowest BCUT2D eigenvalue weighted by Crippen LogP contribution is -2.41. The molecule has 24 heavy (non-hydrogen) atoms. The fraction of sp³-hybridized carbons (Fsp3) is 0.895. The molecule has 0 N–H and O–H groups in total. The fourth-order valence-electron chi connectivity index (χ4n) is 2.50. The van der Waals surface area contributed by atoms with E-state index in [9.17, 15) is 9.59 Å². The van der Waals surface area contributed by atoms with Gasteiger partial charge in [0.05, 0.1) is 13.2 Å². The Labute approximate surface area is 152 Å². The quantitative estimate of drug-likeness (QED) is 0.186. The van der Waals surface area contributed by atoms with E-state index in [2.05, 4.69) is 0 Å². The SMILES string of the molecule is CCC(CC)(C(=O)OCCCCCCCCCl)C(=O)OCC(C)C. The van der Waals surface area contributed by atoms with Gasteiger partial charge in [-0.15, -0.1) is 11.6 Å². The predicted molar refractivity (Wildman–Crippen MR) is 98.2 cm³/mol. The van der Waals surface area contributed by atoms with Gasteiger partial charge in [0, 0.05) is 5.88 Å². The van der Waals surface area contributed by atoms with Crippen molar-refractivity contribution in [3.8, 4) is 0 Å². The van der Waals surface area contributed by atoms with Gasteiger partial charge in [-0.2, -0.15) is 0 Å². The zero-order chi connectivity index (χ0) is 18.4. The minimum atomic E-state index is -1.16. The van der Waals surface area contributed by atoms with Gasteiger partial charge in [-0.1, -0.05) is 53.4 Å². The molecule has 0 bridgehead atoms. The average molecular weight is 363 g/mol. The maximum atomic E-state index is 12.4. The van der Waals surface area contributed by atoms with Gasteiger partial charge in [-0.3, -0.25) is 9.59 Å². The van der Waals surface area contributed by atoms with Crippen molar-refractivity contribution < 1.29 is 19.1 Å². The van der Waals surface area contributed by atoms with Crippen molar-refractivity contribution >= 4 is 23.5 Å². The molecule has 142 valence electrons. The number of hydrogen-bond acceptors (Lipinski definition) is 4. The number of carbonyl (C=O) groups excluding carboxylic acids is 2. The molecular formula is C19H35ClO4. The first kappa shape index (κ1) is 23.2.